The highest BCUT2D eigenvalue weighted by molar-refractivity contribution is 5.78. The van der Waals surface area contributed by atoms with Crippen molar-refractivity contribution in [2.24, 2.45) is 0 Å². The van der Waals surface area contributed by atoms with Crippen LogP contribution in [0.3, 0.4) is 0 Å². The first-order valence-corrected chi connectivity index (χ1v) is 7.91. The third kappa shape index (κ3) is 3.69. The van der Waals surface area contributed by atoms with Gasteiger partial charge in [-0.05, 0) is 26.2 Å². The molecule has 4 nitrogen and oxygen atoms in total. The Balaban J connectivity index is 1.94. The van der Waals surface area contributed by atoms with Crippen molar-refractivity contribution >= 4 is 5.91 Å². The number of nitrogens with zero attached hydrogens (tertiary/aromatic N) is 1. The second kappa shape index (κ2) is 6.71. The molecule has 1 spiro atoms. The van der Waals surface area contributed by atoms with Gasteiger partial charge in [-0.3, -0.25) is 9.69 Å². The maximum absolute atomic E-state index is 12.1. The standard InChI is InChI=1S/C15H29N3O/c1-3-13(2)17-14(19)11-18-10-9-16-12-15(18)7-5-4-6-8-15/h13,16H,3-12H2,1-2H3,(H,17,19). The third-order valence-corrected chi connectivity index (χ3v) is 4.82. The lowest BCUT2D eigenvalue weighted by Gasteiger charge is -2.49. The first-order valence-electron chi connectivity index (χ1n) is 7.91. The highest BCUT2D eigenvalue weighted by Crippen LogP contribution is 2.34. The molecule has 0 radical (unpaired) electrons. The van der Waals surface area contributed by atoms with Gasteiger partial charge in [0.05, 0.1) is 6.54 Å². The molecule has 1 saturated heterocycles. The van der Waals surface area contributed by atoms with Crippen molar-refractivity contribution in [1.29, 1.82) is 0 Å². The average molecular weight is 267 g/mol. The average Bonchev–Trinajstić information content (AvgIpc) is 2.42. The largest absolute Gasteiger partial charge is 0.353 e. The van der Waals surface area contributed by atoms with E-state index in [1.165, 1.54) is 32.1 Å². The number of carbonyl (C=O) groups excluding carboxylic acids is 1. The topological polar surface area (TPSA) is 44.4 Å². The summed E-state index contributed by atoms with van der Waals surface area (Å²) >= 11 is 0. The van der Waals surface area contributed by atoms with Gasteiger partial charge in [-0.2, -0.15) is 0 Å². The molecule has 2 aliphatic rings. The van der Waals surface area contributed by atoms with Gasteiger partial charge in [0.2, 0.25) is 5.91 Å². The van der Waals surface area contributed by atoms with Crippen LogP contribution in [0.4, 0.5) is 0 Å². The molecular weight excluding hydrogens is 238 g/mol. The second-order valence-corrected chi connectivity index (χ2v) is 6.26. The predicted octanol–water partition coefficient (Wildman–Crippen LogP) is 1.51. The molecule has 19 heavy (non-hydrogen) atoms. The van der Waals surface area contributed by atoms with Gasteiger partial charge in [0.15, 0.2) is 0 Å². The Morgan fingerprint density at radius 1 is 1.37 bits per heavy atom. The van der Waals surface area contributed by atoms with Crippen LogP contribution in [-0.4, -0.2) is 48.6 Å². The van der Waals surface area contributed by atoms with Crippen molar-refractivity contribution < 1.29 is 4.79 Å². The zero-order valence-corrected chi connectivity index (χ0v) is 12.5. The minimum atomic E-state index is 0.196. The molecule has 1 saturated carbocycles. The van der Waals surface area contributed by atoms with E-state index in [0.29, 0.717) is 6.54 Å². The van der Waals surface area contributed by atoms with Gasteiger partial charge in [-0.15, -0.1) is 0 Å². The lowest BCUT2D eigenvalue weighted by atomic mass is 9.79. The van der Waals surface area contributed by atoms with Crippen LogP contribution < -0.4 is 10.6 Å². The lowest BCUT2D eigenvalue weighted by molar-refractivity contribution is -0.125. The summed E-state index contributed by atoms with van der Waals surface area (Å²) in [5.74, 6) is 0.196. The maximum Gasteiger partial charge on any atom is 0.234 e. The number of amides is 1. The summed E-state index contributed by atoms with van der Waals surface area (Å²) in [5, 5.41) is 6.62. The van der Waals surface area contributed by atoms with Crippen LogP contribution in [0.25, 0.3) is 0 Å². The zero-order valence-electron chi connectivity index (χ0n) is 12.5. The fourth-order valence-electron chi connectivity index (χ4n) is 3.43. The molecule has 1 amide bonds. The van der Waals surface area contributed by atoms with Gasteiger partial charge in [-0.25, -0.2) is 0 Å². The summed E-state index contributed by atoms with van der Waals surface area (Å²) in [6, 6.07) is 0.290. The molecule has 1 heterocycles. The molecule has 1 unspecified atom stereocenters. The molecule has 2 fully saturated rings. The number of hydrogen-bond acceptors (Lipinski definition) is 3. The summed E-state index contributed by atoms with van der Waals surface area (Å²) < 4.78 is 0. The Labute approximate surface area is 117 Å². The van der Waals surface area contributed by atoms with Crippen LogP contribution in [0.1, 0.15) is 52.4 Å². The highest BCUT2D eigenvalue weighted by Gasteiger charge is 2.40. The monoisotopic (exact) mass is 267 g/mol. The number of nitrogens with one attached hydrogen (secondary N) is 2. The van der Waals surface area contributed by atoms with Crippen LogP contribution in [-0.2, 0) is 4.79 Å². The van der Waals surface area contributed by atoms with Crippen LogP contribution >= 0.6 is 0 Å². The van der Waals surface area contributed by atoms with Gasteiger partial charge in [0.1, 0.15) is 0 Å². The number of rotatable bonds is 4. The van der Waals surface area contributed by atoms with Crippen molar-refractivity contribution in [1.82, 2.24) is 15.5 Å². The second-order valence-electron chi connectivity index (χ2n) is 6.26. The van der Waals surface area contributed by atoms with E-state index in [2.05, 4.69) is 29.4 Å². The zero-order chi connectivity index (χ0) is 13.7. The quantitative estimate of drug-likeness (QED) is 0.811. The summed E-state index contributed by atoms with van der Waals surface area (Å²) in [5.41, 5.74) is 0.253. The van der Waals surface area contributed by atoms with Crippen molar-refractivity contribution in [3.05, 3.63) is 0 Å². The van der Waals surface area contributed by atoms with Crippen molar-refractivity contribution in [2.75, 3.05) is 26.2 Å². The number of piperazine rings is 1. The molecule has 0 aromatic heterocycles. The van der Waals surface area contributed by atoms with Crippen molar-refractivity contribution in [3.8, 4) is 0 Å². The van der Waals surface area contributed by atoms with Crippen LogP contribution in [0.2, 0.25) is 0 Å². The summed E-state index contributed by atoms with van der Waals surface area (Å²) in [6.45, 7) is 7.84. The van der Waals surface area contributed by atoms with Gasteiger partial charge < -0.3 is 10.6 Å². The van der Waals surface area contributed by atoms with Crippen molar-refractivity contribution in [2.45, 2.75) is 64.0 Å². The van der Waals surface area contributed by atoms with E-state index >= 15 is 0 Å². The lowest BCUT2D eigenvalue weighted by Crippen LogP contribution is -2.63. The SMILES string of the molecule is CCC(C)NC(=O)CN1CCNCC12CCCCC2. The summed E-state index contributed by atoms with van der Waals surface area (Å²) in [7, 11) is 0. The Morgan fingerprint density at radius 2 is 2.11 bits per heavy atom. The molecule has 110 valence electrons. The fraction of sp³-hybridized carbons (Fsp3) is 0.933. The molecular formula is C15H29N3O. The van der Waals surface area contributed by atoms with Gasteiger partial charge in [0.25, 0.3) is 0 Å². The van der Waals surface area contributed by atoms with Gasteiger partial charge in [0, 0.05) is 31.2 Å². The van der Waals surface area contributed by atoms with E-state index in [-0.39, 0.29) is 17.5 Å². The summed E-state index contributed by atoms with van der Waals surface area (Å²) in [6.07, 6.45) is 7.47. The Hall–Kier alpha value is -0.610. The normalized spacial score (nSPS) is 25.2. The first-order chi connectivity index (χ1) is 9.16. The van der Waals surface area contributed by atoms with E-state index < -0.39 is 0 Å². The van der Waals surface area contributed by atoms with Gasteiger partial charge in [-0.1, -0.05) is 26.2 Å². The van der Waals surface area contributed by atoms with E-state index in [9.17, 15) is 4.79 Å². The predicted molar refractivity (Wildman–Crippen MR) is 78.2 cm³/mol. The third-order valence-electron chi connectivity index (χ3n) is 4.82. The molecule has 2 N–H and O–H groups in total. The molecule has 1 aliphatic heterocycles. The molecule has 4 heteroatoms. The highest BCUT2D eigenvalue weighted by atomic mass is 16.2. The maximum atomic E-state index is 12.1. The molecule has 1 aliphatic carbocycles. The molecule has 0 aromatic carbocycles. The Bertz CT molecular complexity index is 292. The fourth-order valence-corrected chi connectivity index (χ4v) is 3.43. The Morgan fingerprint density at radius 3 is 2.79 bits per heavy atom. The van der Waals surface area contributed by atoms with Crippen LogP contribution in [0.15, 0.2) is 0 Å². The van der Waals surface area contributed by atoms with Crippen molar-refractivity contribution in [3.63, 3.8) is 0 Å². The molecule has 0 bridgehead atoms. The number of hydrogen-bond donors (Lipinski definition) is 2. The van der Waals surface area contributed by atoms with E-state index in [1.807, 2.05) is 0 Å². The van der Waals surface area contributed by atoms with Crippen LogP contribution in [0, 0.1) is 0 Å². The molecule has 0 aromatic rings. The minimum absolute atomic E-state index is 0.196. The first kappa shape index (κ1) is 14.8. The molecule has 2 rings (SSSR count). The van der Waals surface area contributed by atoms with E-state index in [4.69, 9.17) is 0 Å². The van der Waals surface area contributed by atoms with E-state index in [0.717, 1.165) is 26.1 Å². The van der Waals surface area contributed by atoms with E-state index in [1.54, 1.807) is 0 Å². The summed E-state index contributed by atoms with van der Waals surface area (Å²) in [4.78, 5) is 14.6. The van der Waals surface area contributed by atoms with Crippen LogP contribution in [0.5, 0.6) is 0 Å². The smallest absolute Gasteiger partial charge is 0.234 e. The molecule has 1 atom stereocenters. The number of carbonyl (C=O) groups is 1. The minimum Gasteiger partial charge on any atom is -0.353 e. The van der Waals surface area contributed by atoms with Gasteiger partial charge >= 0.3 is 0 Å². The Kier molecular flexibility index (Phi) is 5.22.